The number of carbonyl (C=O) groups is 2. The van der Waals surface area contributed by atoms with Gasteiger partial charge < -0.3 is 24.3 Å². The molecule has 11 heteroatoms. The first-order valence-electron chi connectivity index (χ1n) is 10.4. The van der Waals surface area contributed by atoms with Gasteiger partial charge in [-0.3, -0.25) is 14.5 Å². The molecule has 1 fully saturated rings. The second-order valence-corrected chi connectivity index (χ2v) is 8.46. The molecule has 1 aromatic heterocycles. The number of ether oxygens (including phenoxy) is 4. The maximum absolute atomic E-state index is 12.0. The normalized spacial score (nSPS) is 16.1. The van der Waals surface area contributed by atoms with Crippen molar-refractivity contribution in [2.75, 3.05) is 45.8 Å². The summed E-state index contributed by atoms with van der Waals surface area (Å²) in [6.45, 7) is 0.444. The predicted molar refractivity (Wildman–Crippen MR) is 127 cm³/mol. The Hall–Kier alpha value is -3.44. The molecule has 1 aliphatic heterocycles. The van der Waals surface area contributed by atoms with E-state index in [4.69, 9.17) is 14.2 Å². The van der Waals surface area contributed by atoms with Crippen LogP contribution < -0.4 is 14.8 Å². The molecule has 2 aromatic carbocycles. The number of halogens is 1. The van der Waals surface area contributed by atoms with Gasteiger partial charge >= 0.3 is 11.9 Å². The van der Waals surface area contributed by atoms with Gasteiger partial charge in [-0.25, -0.2) is 9.97 Å². The lowest BCUT2D eigenvalue weighted by Gasteiger charge is -2.31. The van der Waals surface area contributed by atoms with Crippen molar-refractivity contribution >= 4 is 50.3 Å². The number of aromatic nitrogens is 2. The van der Waals surface area contributed by atoms with Gasteiger partial charge in [0.05, 0.1) is 32.8 Å². The molecule has 10 nitrogen and oxygen atoms in total. The average molecular weight is 531 g/mol. The van der Waals surface area contributed by atoms with Gasteiger partial charge in [-0.2, -0.15) is 0 Å². The molecule has 178 valence electrons. The van der Waals surface area contributed by atoms with Gasteiger partial charge in [0, 0.05) is 28.2 Å². The first-order valence-corrected chi connectivity index (χ1v) is 11.2. The zero-order chi connectivity index (χ0) is 24.1. The smallest absolute Gasteiger partial charge is 0.320 e. The van der Waals surface area contributed by atoms with E-state index in [2.05, 4.69) is 36.0 Å². The number of benzene rings is 2. The molecule has 34 heavy (non-hydrogen) atoms. The van der Waals surface area contributed by atoms with Crippen LogP contribution in [0.2, 0.25) is 0 Å². The van der Waals surface area contributed by atoms with Crippen molar-refractivity contribution in [3.63, 3.8) is 0 Å². The molecule has 1 N–H and O–H groups in total. The van der Waals surface area contributed by atoms with Crippen molar-refractivity contribution in [1.82, 2.24) is 14.9 Å². The predicted octanol–water partition coefficient (Wildman–Crippen LogP) is 2.92. The molecule has 0 spiro atoms. The Morgan fingerprint density at radius 2 is 2.09 bits per heavy atom. The SMILES string of the molecule is COC(=O)CN1CC(=O)OC(COc2cc3c(Nc4cccc(Br)c4)ncnc3cc2OC)C1. The summed E-state index contributed by atoms with van der Waals surface area (Å²) < 4.78 is 22.5. The van der Waals surface area contributed by atoms with Crippen molar-refractivity contribution < 1.29 is 28.5 Å². The third-order valence-corrected chi connectivity index (χ3v) is 5.62. The van der Waals surface area contributed by atoms with Crippen LogP contribution in [0.5, 0.6) is 11.5 Å². The molecule has 0 amide bonds. The Bertz CT molecular complexity index is 1210. The number of esters is 2. The lowest BCUT2D eigenvalue weighted by molar-refractivity contribution is -0.162. The highest BCUT2D eigenvalue weighted by molar-refractivity contribution is 9.10. The largest absolute Gasteiger partial charge is 0.493 e. The second kappa shape index (κ2) is 10.7. The molecule has 1 aliphatic rings. The van der Waals surface area contributed by atoms with Gasteiger partial charge in [-0.05, 0) is 24.3 Å². The molecule has 1 atom stereocenters. The minimum Gasteiger partial charge on any atom is -0.493 e. The number of nitrogens with one attached hydrogen (secondary N) is 1. The topological polar surface area (TPSA) is 112 Å². The van der Waals surface area contributed by atoms with E-state index in [1.54, 1.807) is 17.0 Å². The van der Waals surface area contributed by atoms with Crippen LogP contribution in [0.4, 0.5) is 11.5 Å². The molecule has 2 heterocycles. The molecule has 1 saturated heterocycles. The summed E-state index contributed by atoms with van der Waals surface area (Å²) in [4.78, 5) is 33.9. The van der Waals surface area contributed by atoms with E-state index in [1.807, 2.05) is 24.3 Å². The van der Waals surface area contributed by atoms with Gasteiger partial charge in [-0.1, -0.05) is 22.0 Å². The molecular weight excluding hydrogens is 508 g/mol. The highest BCUT2D eigenvalue weighted by atomic mass is 79.9. The highest BCUT2D eigenvalue weighted by Gasteiger charge is 2.29. The minimum atomic E-state index is -0.558. The van der Waals surface area contributed by atoms with Crippen LogP contribution in [0.3, 0.4) is 0 Å². The summed E-state index contributed by atoms with van der Waals surface area (Å²) in [6.07, 6.45) is 0.914. The zero-order valence-corrected chi connectivity index (χ0v) is 20.2. The van der Waals surface area contributed by atoms with E-state index in [9.17, 15) is 9.59 Å². The van der Waals surface area contributed by atoms with Crippen molar-refractivity contribution in [3.05, 3.63) is 47.2 Å². The summed E-state index contributed by atoms with van der Waals surface area (Å²) >= 11 is 3.47. The number of rotatable bonds is 8. The number of carbonyl (C=O) groups excluding carboxylic acids is 2. The molecule has 0 aliphatic carbocycles. The first-order chi connectivity index (χ1) is 16.4. The van der Waals surface area contributed by atoms with E-state index in [-0.39, 0.29) is 19.7 Å². The van der Waals surface area contributed by atoms with Gasteiger partial charge in [0.1, 0.15) is 24.9 Å². The van der Waals surface area contributed by atoms with Crippen molar-refractivity contribution in [1.29, 1.82) is 0 Å². The fraction of sp³-hybridized carbons (Fsp3) is 0.304. The van der Waals surface area contributed by atoms with Crippen molar-refractivity contribution in [3.8, 4) is 11.5 Å². The maximum Gasteiger partial charge on any atom is 0.320 e. The number of fused-ring (bicyclic) bond motifs is 1. The van der Waals surface area contributed by atoms with Crippen LogP contribution in [0.1, 0.15) is 0 Å². The van der Waals surface area contributed by atoms with Crippen LogP contribution in [-0.4, -0.2) is 73.4 Å². The molecule has 1 unspecified atom stereocenters. The van der Waals surface area contributed by atoms with E-state index in [0.29, 0.717) is 29.4 Å². The Morgan fingerprint density at radius 3 is 2.85 bits per heavy atom. The number of hydrogen-bond acceptors (Lipinski definition) is 10. The molecule has 4 rings (SSSR count). The quantitative estimate of drug-likeness (QED) is 0.436. The van der Waals surface area contributed by atoms with Gasteiger partial charge in [0.15, 0.2) is 11.5 Å². The number of hydrogen-bond donors (Lipinski definition) is 1. The number of methoxy groups -OCH3 is 2. The monoisotopic (exact) mass is 530 g/mol. The number of anilines is 2. The third kappa shape index (κ3) is 5.72. The lowest BCUT2D eigenvalue weighted by Crippen LogP contribution is -2.49. The fourth-order valence-electron chi connectivity index (χ4n) is 3.57. The van der Waals surface area contributed by atoms with Crippen LogP contribution in [0, 0.1) is 0 Å². The van der Waals surface area contributed by atoms with Crippen molar-refractivity contribution in [2.45, 2.75) is 6.10 Å². The van der Waals surface area contributed by atoms with Gasteiger partial charge in [0.25, 0.3) is 0 Å². The van der Waals surface area contributed by atoms with E-state index >= 15 is 0 Å². The highest BCUT2D eigenvalue weighted by Crippen LogP contribution is 2.35. The van der Waals surface area contributed by atoms with Crippen LogP contribution in [0.15, 0.2) is 47.2 Å². The molecule has 0 radical (unpaired) electrons. The number of cyclic esters (lactones) is 1. The standard InChI is InChI=1S/C23H23BrN4O6/c1-31-19-8-18-17(23(26-13-25-18)27-15-5-3-4-14(24)6-15)7-20(19)33-12-16-9-28(10-21(29)32-2)11-22(30)34-16/h3-8,13,16H,9-12H2,1-2H3,(H,25,26,27). The Balaban J connectivity index is 1.54. The summed E-state index contributed by atoms with van der Waals surface area (Å²) in [5, 5.41) is 4.02. The van der Waals surface area contributed by atoms with Gasteiger partial charge in [0.2, 0.25) is 0 Å². The lowest BCUT2D eigenvalue weighted by atomic mass is 10.2. The van der Waals surface area contributed by atoms with Crippen LogP contribution >= 0.6 is 15.9 Å². The summed E-state index contributed by atoms with van der Waals surface area (Å²) in [6, 6.07) is 11.3. The fourth-order valence-corrected chi connectivity index (χ4v) is 3.97. The van der Waals surface area contributed by atoms with Crippen molar-refractivity contribution in [2.24, 2.45) is 0 Å². The summed E-state index contributed by atoms with van der Waals surface area (Å²) in [5.41, 5.74) is 1.53. The van der Waals surface area contributed by atoms with E-state index in [1.165, 1.54) is 20.5 Å². The molecule has 0 bridgehead atoms. The minimum absolute atomic E-state index is 0.00334. The Labute approximate surface area is 204 Å². The second-order valence-electron chi connectivity index (χ2n) is 7.55. The van der Waals surface area contributed by atoms with Crippen LogP contribution in [-0.2, 0) is 19.1 Å². The maximum atomic E-state index is 12.0. The first kappa shape index (κ1) is 23.7. The zero-order valence-electron chi connectivity index (χ0n) is 18.6. The summed E-state index contributed by atoms with van der Waals surface area (Å²) in [7, 11) is 2.84. The van der Waals surface area contributed by atoms with E-state index < -0.39 is 18.0 Å². The van der Waals surface area contributed by atoms with E-state index in [0.717, 1.165) is 15.5 Å². The Morgan fingerprint density at radius 1 is 1.24 bits per heavy atom. The third-order valence-electron chi connectivity index (χ3n) is 5.13. The van der Waals surface area contributed by atoms with Crippen LogP contribution in [0.25, 0.3) is 10.9 Å². The average Bonchev–Trinajstić information content (AvgIpc) is 2.82. The summed E-state index contributed by atoms with van der Waals surface area (Å²) in [5.74, 6) is 0.680. The molecular formula is C23H23BrN4O6. The number of nitrogens with zero attached hydrogens (tertiary/aromatic N) is 3. The Kier molecular flexibility index (Phi) is 7.43. The number of morpholine rings is 1. The molecule has 0 saturated carbocycles. The molecule has 3 aromatic rings. The van der Waals surface area contributed by atoms with Gasteiger partial charge in [-0.15, -0.1) is 0 Å².